The Morgan fingerprint density at radius 3 is 2.80 bits per heavy atom. The lowest BCUT2D eigenvalue weighted by atomic mass is 10.0. The predicted molar refractivity (Wildman–Crippen MR) is 72.0 cm³/mol. The van der Waals surface area contributed by atoms with Gasteiger partial charge in [0, 0.05) is 19.5 Å². The van der Waals surface area contributed by atoms with Gasteiger partial charge < -0.3 is 5.11 Å². The molecule has 0 aliphatic carbocycles. The molecule has 20 heavy (non-hydrogen) atoms. The van der Waals surface area contributed by atoms with Crippen LogP contribution < -0.4 is 0 Å². The van der Waals surface area contributed by atoms with E-state index in [1.165, 1.54) is 4.90 Å². The molecule has 0 radical (unpaired) electrons. The first kappa shape index (κ1) is 15.0. The molecule has 2 fully saturated rings. The van der Waals surface area contributed by atoms with Crippen LogP contribution in [0.4, 0.5) is 0 Å². The van der Waals surface area contributed by atoms with Gasteiger partial charge in [0.15, 0.2) is 0 Å². The first-order valence-corrected chi connectivity index (χ1v) is 7.33. The van der Waals surface area contributed by atoms with Crippen molar-refractivity contribution in [2.24, 2.45) is 5.92 Å². The number of hydrogen-bond acceptors (Lipinski definition) is 4. The van der Waals surface area contributed by atoms with Gasteiger partial charge in [-0.05, 0) is 31.7 Å². The van der Waals surface area contributed by atoms with Crippen molar-refractivity contribution in [2.45, 2.75) is 45.1 Å². The lowest BCUT2D eigenvalue weighted by Gasteiger charge is -2.22. The van der Waals surface area contributed by atoms with Gasteiger partial charge >= 0.3 is 5.97 Å². The normalized spacial score (nSPS) is 27.6. The highest BCUT2D eigenvalue weighted by atomic mass is 16.4. The molecule has 112 valence electrons. The van der Waals surface area contributed by atoms with Gasteiger partial charge in [0.2, 0.25) is 11.8 Å². The molecule has 0 bridgehead atoms. The van der Waals surface area contributed by atoms with Gasteiger partial charge in [0.1, 0.15) is 0 Å². The first-order valence-electron chi connectivity index (χ1n) is 7.33. The number of carboxylic acid groups (broad SMARTS) is 1. The summed E-state index contributed by atoms with van der Waals surface area (Å²) in [4.78, 5) is 38.1. The molecule has 0 spiro atoms. The maximum Gasteiger partial charge on any atom is 0.303 e. The fourth-order valence-corrected chi connectivity index (χ4v) is 3.12. The molecule has 2 saturated heterocycles. The van der Waals surface area contributed by atoms with Gasteiger partial charge in [0.05, 0.1) is 12.5 Å². The maximum absolute atomic E-state index is 12.2. The fourth-order valence-electron chi connectivity index (χ4n) is 3.12. The van der Waals surface area contributed by atoms with Crippen LogP contribution in [0, 0.1) is 5.92 Å². The molecule has 1 N–H and O–H groups in total. The Bertz CT molecular complexity index is 410. The lowest BCUT2D eigenvalue weighted by Crippen LogP contribution is -2.41. The highest BCUT2D eigenvalue weighted by Gasteiger charge is 2.43. The molecular formula is C14H22N2O4. The lowest BCUT2D eigenvalue weighted by molar-refractivity contribution is -0.140. The smallest absolute Gasteiger partial charge is 0.303 e. The summed E-state index contributed by atoms with van der Waals surface area (Å²) >= 11 is 0. The number of nitrogens with zero attached hydrogens (tertiary/aromatic N) is 2. The summed E-state index contributed by atoms with van der Waals surface area (Å²) in [5.41, 5.74) is 0. The topological polar surface area (TPSA) is 77.9 Å². The summed E-state index contributed by atoms with van der Waals surface area (Å²) < 4.78 is 0. The second kappa shape index (κ2) is 6.35. The first-order chi connectivity index (χ1) is 9.52. The van der Waals surface area contributed by atoms with Crippen LogP contribution in [-0.2, 0) is 14.4 Å². The Morgan fingerprint density at radius 1 is 1.40 bits per heavy atom. The standard InChI is InChI=1S/C14H22N2O4/c1-2-6-16-12(17)8-11(14(16)20)15-7-5-10(9-15)3-4-13(18)19/h10-11H,2-9H2,1H3,(H,18,19). The molecule has 6 heteroatoms. The number of hydrogen-bond donors (Lipinski definition) is 1. The van der Waals surface area contributed by atoms with Gasteiger partial charge in [-0.1, -0.05) is 6.92 Å². The molecule has 0 aromatic carbocycles. The second-order valence-corrected chi connectivity index (χ2v) is 5.69. The van der Waals surface area contributed by atoms with Crippen molar-refractivity contribution >= 4 is 17.8 Å². The zero-order valence-electron chi connectivity index (χ0n) is 11.9. The van der Waals surface area contributed by atoms with Crippen molar-refractivity contribution < 1.29 is 19.5 Å². The van der Waals surface area contributed by atoms with Crippen LogP contribution >= 0.6 is 0 Å². The molecule has 2 unspecified atom stereocenters. The molecule has 2 atom stereocenters. The number of imide groups is 1. The molecular weight excluding hydrogens is 260 g/mol. The molecule has 2 aliphatic heterocycles. The van der Waals surface area contributed by atoms with Crippen molar-refractivity contribution in [1.29, 1.82) is 0 Å². The molecule has 2 aliphatic rings. The Morgan fingerprint density at radius 2 is 2.15 bits per heavy atom. The summed E-state index contributed by atoms with van der Waals surface area (Å²) in [6.07, 6.45) is 2.81. The Labute approximate surface area is 118 Å². The van der Waals surface area contributed by atoms with Gasteiger partial charge in [-0.3, -0.25) is 24.2 Å². The monoisotopic (exact) mass is 282 g/mol. The number of rotatable bonds is 6. The van der Waals surface area contributed by atoms with Gasteiger partial charge in [-0.2, -0.15) is 0 Å². The van der Waals surface area contributed by atoms with Gasteiger partial charge in [0.25, 0.3) is 0 Å². The minimum Gasteiger partial charge on any atom is -0.481 e. The minimum atomic E-state index is -0.773. The number of amides is 2. The van der Waals surface area contributed by atoms with E-state index in [1.807, 2.05) is 6.92 Å². The average Bonchev–Trinajstić information content (AvgIpc) is 2.96. The van der Waals surface area contributed by atoms with Crippen molar-refractivity contribution in [3.8, 4) is 0 Å². The van der Waals surface area contributed by atoms with E-state index in [9.17, 15) is 14.4 Å². The van der Waals surface area contributed by atoms with Crippen molar-refractivity contribution in [3.05, 3.63) is 0 Å². The van der Waals surface area contributed by atoms with E-state index in [1.54, 1.807) is 0 Å². The molecule has 0 aromatic rings. The molecule has 2 heterocycles. The Hall–Kier alpha value is -1.43. The van der Waals surface area contributed by atoms with Crippen LogP contribution in [0.2, 0.25) is 0 Å². The van der Waals surface area contributed by atoms with E-state index in [0.29, 0.717) is 18.9 Å². The third-order valence-electron chi connectivity index (χ3n) is 4.19. The number of aliphatic carboxylic acids is 1. The van der Waals surface area contributed by atoms with E-state index in [2.05, 4.69) is 4.90 Å². The SMILES string of the molecule is CCCN1C(=O)CC(N2CCC(CCC(=O)O)C2)C1=O. The van der Waals surface area contributed by atoms with Crippen LogP contribution in [-0.4, -0.2) is 58.4 Å². The van der Waals surface area contributed by atoms with Crippen molar-refractivity contribution in [3.63, 3.8) is 0 Å². The molecule has 2 amide bonds. The van der Waals surface area contributed by atoms with Crippen molar-refractivity contribution in [1.82, 2.24) is 9.80 Å². The zero-order valence-corrected chi connectivity index (χ0v) is 11.9. The van der Waals surface area contributed by atoms with E-state index < -0.39 is 5.97 Å². The van der Waals surface area contributed by atoms with Crippen molar-refractivity contribution in [2.75, 3.05) is 19.6 Å². The number of carbonyl (C=O) groups is 3. The van der Waals surface area contributed by atoms with Crippen LogP contribution in [0.3, 0.4) is 0 Å². The van der Waals surface area contributed by atoms with E-state index in [4.69, 9.17) is 5.11 Å². The predicted octanol–water partition coefficient (Wildman–Crippen LogP) is 0.711. The summed E-state index contributed by atoms with van der Waals surface area (Å²) in [5, 5.41) is 8.70. The third-order valence-corrected chi connectivity index (χ3v) is 4.19. The van der Waals surface area contributed by atoms with Gasteiger partial charge in [-0.15, -0.1) is 0 Å². The molecule has 6 nitrogen and oxygen atoms in total. The third kappa shape index (κ3) is 3.17. The quantitative estimate of drug-likeness (QED) is 0.726. The zero-order chi connectivity index (χ0) is 14.7. The number of likely N-dealkylation sites (tertiary alicyclic amines) is 2. The molecule has 0 saturated carbocycles. The number of carboxylic acids is 1. The Kier molecular flexibility index (Phi) is 4.75. The summed E-state index contributed by atoms with van der Waals surface area (Å²) in [6, 6.07) is -0.316. The molecule has 2 rings (SSSR count). The summed E-state index contributed by atoms with van der Waals surface area (Å²) in [5.74, 6) is -0.592. The average molecular weight is 282 g/mol. The fraction of sp³-hybridized carbons (Fsp3) is 0.786. The van der Waals surface area contributed by atoms with Crippen LogP contribution in [0.1, 0.15) is 39.0 Å². The minimum absolute atomic E-state index is 0.0733. The molecule has 0 aromatic heterocycles. The highest BCUT2D eigenvalue weighted by molar-refractivity contribution is 6.05. The van der Waals surface area contributed by atoms with E-state index in [0.717, 1.165) is 25.9 Å². The van der Waals surface area contributed by atoms with E-state index in [-0.39, 0.29) is 30.7 Å². The number of carbonyl (C=O) groups excluding carboxylic acids is 2. The van der Waals surface area contributed by atoms with Crippen LogP contribution in [0.25, 0.3) is 0 Å². The van der Waals surface area contributed by atoms with Crippen LogP contribution in [0.5, 0.6) is 0 Å². The van der Waals surface area contributed by atoms with Crippen LogP contribution in [0.15, 0.2) is 0 Å². The highest BCUT2D eigenvalue weighted by Crippen LogP contribution is 2.27. The Balaban J connectivity index is 1.89. The second-order valence-electron chi connectivity index (χ2n) is 5.69. The van der Waals surface area contributed by atoms with E-state index >= 15 is 0 Å². The largest absolute Gasteiger partial charge is 0.481 e. The summed E-state index contributed by atoms with van der Waals surface area (Å²) in [6.45, 7) is 3.97. The maximum atomic E-state index is 12.2. The summed E-state index contributed by atoms with van der Waals surface area (Å²) in [7, 11) is 0. The van der Waals surface area contributed by atoms with Gasteiger partial charge in [-0.25, -0.2) is 0 Å².